The van der Waals surface area contributed by atoms with Crippen LogP contribution in [0.25, 0.3) is 11.0 Å². The predicted molar refractivity (Wildman–Crippen MR) is 68.2 cm³/mol. The van der Waals surface area contributed by atoms with Gasteiger partial charge in [0, 0.05) is 19.2 Å². The number of sulfonamides is 1. The number of aromatic amines is 1. The van der Waals surface area contributed by atoms with Crippen molar-refractivity contribution in [2.75, 3.05) is 12.8 Å². The Bertz CT molecular complexity index is 709. The molecule has 2 rings (SSSR count). The molecule has 0 amide bonds. The minimum absolute atomic E-state index is 0.299. The number of aromatic nitrogens is 3. The molecule has 0 spiro atoms. The maximum Gasteiger partial charge on any atom is 0.208 e. The Morgan fingerprint density at radius 1 is 1.44 bits per heavy atom. The van der Waals surface area contributed by atoms with Crippen LogP contribution in [0.5, 0.6) is 0 Å². The van der Waals surface area contributed by atoms with Gasteiger partial charge in [-0.05, 0) is 12.0 Å². The first-order valence-electron chi connectivity index (χ1n) is 5.28. The molecule has 0 radical (unpaired) electrons. The Balaban J connectivity index is 2.04. The van der Waals surface area contributed by atoms with E-state index in [2.05, 4.69) is 31.5 Å². The molecule has 18 heavy (non-hydrogen) atoms. The molecule has 2 aromatic heterocycles. The molecule has 0 aliphatic carbocycles. The van der Waals surface area contributed by atoms with Gasteiger partial charge < -0.3 is 4.98 Å². The number of H-pyrrole nitrogens is 1. The molecule has 0 fully saturated rings. The topological polar surface area (TPSA) is 87.7 Å². The van der Waals surface area contributed by atoms with Crippen molar-refractivity contribution in [2.24, 2.45) is 0 Å². The lowest BCUT2D eigenvalue weighted by Crippen LogP contribution is -2.22. The van der Waals surface area contributed by atoms with E-state index >= 15 is 0 Å². The normalized spacial score (nSPS) is 11.2. The van der Waals surface area contributed by atoms with Gasteiger partial charge in [0.15, 0.2) is 0 Å². The molecule has 2 N–H and O–H groups in total. The molecule has 0 aliphatic rings. The van der Waals surface area contributed by atoms with Crippen LogP contribution in [0.4, 0.5) is 0 Å². The average Bonchev–Trinajstić information content (AvgIpc) is 2.75. The van der Waals surface area contributed by atoms with Crippen molar-refractivity contribution in [1.82, 2.24) is 19.7 Å². The van der Waals surface area contributed by atoms with E-state index in [4.69, 9.17) is 0 Å². The molecule has 2 aromatic rings. The van der Waals surface area contributed by atoms with Gasteiger partial charge in [-0.3, -0.25) is 0 Å². The Morgan fingerprint density at radius 3 is 3.06 bits per heavy atom. The summed E-state index contributed by atoms with van der Waals surface area (Å²) < 4.78 is 24.0. The number of hydrogen-bond donors (Lipinski definition) is 2. The van der Waals surface area contributed by atoms with Crippen LogP contribution in [0.3, 0.4) is 0 Å². The third-order valence-corrected chi connectivity index (χ3v) is 2.90. The Kier molecular flexibility index (Phi) is 3.60. The van der Waals surface area contributed by atoms with E-state index in [9.17, 15) is 8.42 Å². The molecule has 6 nitrogen and oxygen atoms in total. The van der Waals surface area contributed by atoms with Crippen LogP contribution in [0.2, 0.25) is 0 Å². The first-order valence-corrected chi connectivity index (χ1v) is 7.17. The van der Waals surface area contributed by atoms with Crippen LogP contribution >= 0.6 is 0 Å². The van der Waals surface area contributed by atoms with Gasteiger partial charge in [-0.2, -0.15) is 0 Å². The first-order chi connectivity index (χ1) is 8.56. The average molecular weight is 264 g/mol. The predicted octanol–water partition coefficient (Wildman–Crippen LogP) is 0.249. The summed E-state index contributed by atoms with van der Waals surface area (Å²) in [4.78, 5) is 11.1. The lowest BCUT2D eigenvalue weighted by molar-refractivity contribution is 0.588. The molecule has 2 heterocycles. The standard InChI is InChI=1S/C11H12N4O2S/c1-18(16,17)15-6-3-2-4-10-9-5-7-12-11(9)14-8-13-10/h5,7-8,15H,3,6H2,1H3,(H,12,13,14). The summed E-state index contributed by atoms with van der Waals surface area (Å²) in [6, 6.07) is 1.86. The first kappa shape index (κ1) is 12.5. The molecule has 94 valence electrons. The summed E-state index contributed by atoms with van der Waals surface area (Å²) in [5.74, 6) is 5.78. The fourth-order valence-corrected chi connectivity index (χ4v) is 1.89. The number of hydrogen-bond acceptors (Lipinski definition) is 4. The second-order valence-electron chi connectivity index (χ2n) is 3.68. The van der Waals surface area contributed by atoms with Crippen molar-refractivity contribution >= 4 is 21.1 Å². The fourth-order valence-electron chi connectivity index (χ4n) is 1.42. The molecule has 0 aliphatic heterocycles. The van der Waals surface area contributed by atoms with E-state index in [1.54, 1.807) is 6.20 Å². The summed E-state index contributed by atoms with van der Waals surface area (Å²) in [5.41, 5.74) is 1.38. The van der Waals surface area contributed by atoms with Crippen molar-refractivity contribution in [1.29, 1.82) is 0 Å². The molecule has 0 atom stereocenters. The maximum atomic E-state index is 10.8. The molecule has 7 heteroatoms. The van der Waals surface area contributed by atoms with E-state index < -0.39 is 10.0 Å². The highest BCUT2D eigenvalue weighted by Gasteiger charge is 2.00. The van der Waals surface area contributed by atoms with E-state index in [1.165, 1.54) is 6.33 Å². The van der Waals surface area contributed by atoms with Crippen LogP contribution in [0.15, 0.2) is 18.6 Å². The minimum atomic E-state index is -3.14. The van der Waals surface area contributed by atoms with Gasteiger partial charge in [0.2, 0.25) is 10.0 Å². The highest BCUT2D eigenvalue weighted by molar-refractivity contribution is 7.88. The Labute approximate surface area is 105 Å². The van der Waals surface area contributed by atoms with E-state index in [-0.39, 0.29) is 0 Å². The summed E-state index contributed by atoms with van der Waals surface area (Å²) in [5, 5.41) is 0.862. The summed E-state index contributed by atoms with van der Waals surface area (Å²) in [6.45, 7) is 0.299. The molecule has 0 unspecified atom stereocenters. The molecule has 0 aromatic carbocycles. The van der Waals surface area contributed by atoms with Crippen LogP contribution in [0.1, 0.15) is 12.1 Å². The Morgan fingerprint density at radius 2 is 2.28 bits per heavy atom. The van der Waals surface area contributed by atoms with Crippen LogP contribution in [-0.2, 0) is 10.0 Å². The summed E-state index contributed by atoms with van der Waals surface area (Å²) in [6.07, 6.45) is 4.77. The number of fused-ring (bicyclic) bond motifs is 1. The Hall–Kier alpha value is -1.91. The lowest BCUT2D eigenvalue weighted by atomic mass is 10.3. The van der Waals surface area contributed by atoms with Gasteiger partial charge in [-0.1, -0.05) is 5.92 Å². The highest BCUT2D eigenvalue weighted by atomic mass is 32.2. The van der Waals surface area contributed by atoms with E-state index in [0.717, 1.165) is 17.3 Å². The second-order valence-corrected chi connectivity index (χ2v) is 5.51. The zero-order valence-electron chi connectivity index (χ0n) is 9.77. The zero-order chi connectivity index (χ0) is 13.0. The van der Waals surface area contributed by atoms with E-state index in [1.807, 2.05) is 6.07 Å². The van der Waals surface area contributed by atoms with Gasteiger partial charge in [0.25, 0.3) is 0 Å². The minimum Gasteiger partial charge on any atom is -0.346 e. The van der Waals surface area contributed by atoms with Crippen molar-refractivity contribution in [3.8, 4) is 11.8 Å². The van der Waals surface area contributed by atoms with Gasteiger partial charge in [0.05, 0.1) is 11.6 Å². The van der Waals surface area contributed by atoms with Crippen LogP contribution in [0, 0.1) is 11.8 Å². The van der Waals surface area contributed by atoms with Crippen LogP contribution in [-0.4, -0.2) is 36.2 Å². The lowest BCUT2D eigenvalue weighted by Gasteiger charge is -1.96. The third-order valence-electron chi connectivity index (χ3n) is 2.18. The number of nitrogens with zero attached hydrogens (tertiary/aromatic N) is 2. The van der Waals surface area contributed by atoms with Crippen molar-refractivity contribution in [3.63, 3.8) is 0 Å². The van der Waals surface area contributed by atoms with E-state index in [0.29, 0.717) is 18.7 Å². The summed E-state index contributed by atoms with van der Waals surface area (Å²) in [7, 11) is -3.14. The fraction of sp³-hybridized carbons (Fsp3) is 0.273. The second kappa shape index (κ2) is 5.16. The largest absolute Gasteiger partial charge is 0.346 e. The molecule has 0 saturated carbocycles. The number of rotatable bonds is 3. The monoisotopic (exact) mass is 264 g/mol. The molecular formula is C11H12N4O2S. The van der Waals surface area contributed by atoms with Crippen molar-refractivity contribution in [2.45, 2.75) is 6.42 Å². The van der Waals surface area contributed by atoms with Gasteiger partial charge in [-0.15, -0.1) is 0 Å². The third kappa shape index (κ3) is 3.29. The quantitative estimate of drug-likeness (QED) is 0.614. The van der Waals surface area contributed by atoms with Crippen LogP contribution < -0.4 is 4.72 Å². The van der Waals surface area contributed by atoms with Crippen molar-refractivity contribution in [3.05, 3.63) is 24.3 Å². The van der Waals surface area contributed by atoms with Crippen molar-refractivity contribution < 1.29 is 8.42 Å². The summed E-state index contributed by atoms with van der Waals surface area (Å²) >= 11 is 0. The highest BCUT2D eigenvalue weighted by Crippen LogP contribution is 2.10. The van der Waals surface area contributed by atoms with Gasteiger partial charge >= 0.3 is 0 Å². The van der Waals surface area contributed by atoms with Gasteiger partial charge in [-0.25, -0.2) is 23.1 Å². The zero-order valence-corrected chi connectivity index (χ0v) is 10.6. The SMILES string of the molecule is CS(=O)(=O)NCCC#Cc1ncnc2[nH]ccc12. The molecule has 0 bridgehead atoms. The number of nitrogens with one attached hydrogen (secondary N) is 2. The van der Waals surface area contributed by atoms with Gasteiger partial charge in [0.1, 0.15) is 17.7 Å². The maximum absolute atomic E-state index is 10.8. The molecule has 0 saturated heterocycles. The smallest absolute Gasteiger partial charge is 0.208 e. The molecular weight excluding hydrogens is 252 g/mol.